The summed E-state index contributed by atoms with van der Waals surface area (Å²) in [4.78, 5) is 10.7. The molecule has 0 heterocycles. The Hall–Kier alpha value is -1.55. The van der Waals surface area contributed by atoms with Crippen LogP contribution in [0.4, 0.5) is 5.69 Å². The van der Waals surface area contributed by atoms with Crippen LogP contribution in [0.1, 0.15) is 38.1 Å². The SMILES string of the molecule is CC(C)(O)C(C)(C)Nc1ccc(C(=O)O)cc1. The van der Waals surface area contributed by atoms with Gasteiger partial charge in [0.1, 0.15) is 0 Å². The predicted molar refractivity (Wildman–Crippen MR) is 67.4 cm³/mol. The van der Waals surface area contributed by atoms with Gasteiger partial charge in [-0.3, -0.25) is 0 Å². The second-order valence-electron chi connectivity index (χ2n) is 5.19. The highest BCUT2D eigenvalue weighted by atomic mass is 16.4. The molecule has 0 radical (unpaired) electrons. The van der Waals surface area contributed by atoms with E-state index in [1.165, 1.54) is 12.1 Å². The molecule has 0 atom stereocenters. The molecule has 0 fully saturated rings. The molecule has 0 aliphatic carbocycles. The first-order valence-electron chi connectivity index (χ1n) is 5.47. The number of hydrogen-bond acceptors (Lipinski definition) is 3. The number of nitrogens with one attached hydrogen (secondary N) is 1. The third-order valence-corrected chi connectivity index (χ3v) is 3.12. The lowest BCUT2D eigenvalue weighted by atomic mass is 9.86. The van der Waals surface area contributed by atoms with E-state index in [2.05, 4.69) is 5.32 Å². The van der Waals surface area contributed by atoms with E-state index in [-0.39, 0.29) is 5.56 Å². The largest absolute Gasteiger partial charge is 0.478 e. The Morgan fingerprint density at radius 1 is 1.12 bits per heavy atom. The standard InChI is InChI=1S/C13H19NO3/c1-12(2,13(3,4)17)14-10-7-5-9(6-8-10)11(15)16/h5-8,14,17H,1-4H3,(H,15,16). The molecule has 1 aromatic carbocycles. The number of carboxylic acid groups (broad SMARTS) is 1. The minimum atomic E-state index is -0.946. The Bertz CT molecular complexity index is 402. The minimum absolute atomic E-state index is 0.247. The maximum absolute atomic E-state index is 10.7. The molecule has 0 aromatic heterocycles. The summed E-state index contributed by atoms with van der Waals surface area (Å²) >= 11 is 0. The molecule has 0 aliphatic rings. The second kappa shape index (κ2) is 4.37. The van der Waals surface area contributed by atoms with Crippen molar-refractivity contribution in [3.8, 4) is 0 Å². The van der Waals surface area contributed by atoms with E-state index in [9.17, 15) is 9.90 Å². The van der Waals surface area contributed by atoms with E-state index in [1.54, 1.807) is 26.0 Å². The van der Waals surface area contributed by atoms with E-state index in [0.29, 0.717) is 0 Å². The van der Waals surface area contributed by atoms with E-state index < -0.39 is 17.1 Å². The van der Waals surface area contributed by atoms with Gasteiger partial charge in [-0.1, -0.05) is 0 Å². The molecule has 3 N–H and O–H groups in total. The van der Waals surface area contributed by atoms with Crippen LogP contribution in [0.25, 0.3) is 0 Å². The van der Waals surface area contributed by atoms with Crippen molar-refractivity contribution >= 4 is 11.7 Å². The van der Waals surface area contributed by atoms with Crippen LogP contribution < -0.4 is 5.32 Å². The van der Waals surface area contributed by atoms with Crippen LogP contribution in [0.5, 0.6) is 0 Å². The van der Waals surface area contributed by atoms with Crippen LogP contribution in [-0.4, -0.2) is 27.3 Å². The Kier molecular flexibility index (Phi) is 3.48. The first-order valence-corrected chi connectivity index (χ1v) is 5.47. The van der Waals surface area contributed by atoms with Crippen molar-refractivity contribution in [3.63, 3.8) is 0 Å². The fourth-order valence-corrected chi connectivity index (χ4v) is 1.21. The molecule has 0 unspecified atom stereocenters. The van der Waals surface area contributed by atoms with Crippen molar-refractivity contribution in [2.45, 2.75) is 38.8 Å². The number of rotatable bonds is 4. The van der Waals surface area contributed by atoms with Gasteiger partial charge >= 0.3 is 5.97 Å². The third-order valence-electron chi connectivity index (χ3n) is 3.12. The summed E-state index contributed by atoms with van der Waals surface area (Å²) in [5.74, 6) is -0.946. The molecule has 0 amide bonds. The number of anilines is 1. The van der Waals surface area contributed by atoms with Gasteiger partial charge in [-0.25, -0.2) is 4.79 Å². The maximum Gasteiger partial charge on any atom is 0.335 e. The first-order chi connectivity index (χ1) is 7.63. The van der Waals surface area contributed by atoms with Crippen LogP contribution in [-0.2, 0) is 0 Å². The van der Waals surface area contributed by atoms with Gasteiger partial charge in [0.2, 0.25) is 0 Å². The lowest BCUT2D eigenvalue weighted by Crippen LogP contribution is -2.51. The molecule has 0 saturated carbocycles. The predicted octanol–water partition coefficient (Wildman–Crippen LogP) is 2.35. The Balaban J connectivity index is 2.86. The quantitative estimate of drug-likeness (QED) is 0.751. The van der Waals surface area contributed by atoms with Crippen molar-refractivity contribution in [1.82, 2.24) is 0 Å². The second-order valence-corrected chi connectivity index (χ2v) is 5.19. The summed E-state index contributed by atoms with van der Waals surface area (Å²) in [5.41, 5.74) is -0.380. The van der Waals surface area contributed by atoms with E-state index in [1.807, 2.05) is 13.8 Å². The zero-order valence-electron chi connectivity index (χ0n) is 10.6. The Morgan fingerprint density at radius 2 is 1.59 bits per heavy atom. The van der Waals surface area contributed by atoms with Crippen LogP contribution >= 0.6 is 0 Å². The Morgan fingerprint density at radius 3 is 1.94 bits per heavy atom. The summed E-state index contributed by atoms with van der Waals surface area (Å²) in [6.07, 6.45) is 0. The van der Waals surface area contributed by atoms with Gasteiger partial charge in [0.15, 0.2) is 0 Å². The van der Waals surface area contributed by atoms with Gasteiger partial charge in [-0.2, -0.15) is 0 Å². The average molecular weight is 237 g/mol. The number of aliphatic hydroxyl groups is 1. The van der Waals surface area contributed by atoms with Crippen molar-refractivity contribution < 1.29 is 15.0 Å². The van der Waals surface area contributed by atoms with Crippen molar-refractivity contribution in [2.24, 2.45) is 0 Å². The molecule has 0 bridgehead atoms. The fourth-order valence-electron chi connectivity index (χ4n) is 1.21. The highest BCUT2D eigenvalue weighted by Crippen LogP contribution is 2.25. The molecule has 4 nitrogen and oxygen atoms in total. The molecule has 1 rings (SSSR count). The molecule has 94 valence electrons. The molecular formula is C13H19NO3. The molecule has 0 spiro atoms. The molecule has 17 heavy (non-hydrogen) atoms. The van der Waals surface area contributed by atoms with Gasteiger partial charge in [-0.15, -0.1) is 0 Å². The number of carboxylic acids is 1. The maximum atomic E-state index is 10.7. The summed E-state index contributed by atoms with van der Waals surface area (Å²) in [5, 5.41) is 22.0. The van der Waals surface area contributed by atoms with Gasteiger partial charge < -0.3 is 15.5 Å². The Labute approximate surface area is 101 Å². The third kappa shape index (κ3) is 3.20. The van der Waals surface area contributed by atoms with Crippen molar-refractivity contribution in [3.05, 3.63) is 29.8 Å². The molecular weight excluding hydrogens is 218 g/mol. The van der Waals surface area contributed by atoms with Crippen LogP contribution in [0.2, 0.25) is 0 Å². The first kappa shape index (κ1) is 13.5. The number of benzene rings is 1. The number of carbonyl (C=O) groups is 1. The van der Waals surface area contributed by atoms with E-state index in [0.717, 1.165) is 5.69 Å². The lowest BCUT2D eigenvalue weighted by molar-refractivity contribution is 0.0240. The van der Waals surface area contributed by atoms with Crippen LogP contribution in [0, 0.1) is 0 Å². The topological polar surface area (TPSA) is 69.6 Å². The van der Waals surface area contributed by atoms with Crippen LogP contribution in [0.3, 0.4) is 0 Å². The van der Waals surface area contributed by atoms with Gasteiger partial charge in [-0.05, 0) is 52.0 Å². The summed E-state index contributed by atoms with van der Waals surface area (Å²) < 4.78 is 0. The molecule has 0 saturated heterocycles. The van der Waals surface area contributed by atoms with Crippen molar-refractivity contribution in [2.75, 3.05) is 5.32 Å². The van der Waals surface area contributed by atoms with Crippen LogP contribution in [0.15, 0.2) is 24.3 Å². The van der Waals surface area contributed by atoms with Gasteiger partial charge in [0, 0.05) is 5.69 Å². The highest BCUT2D eigenvalue weighted by Gasteiger charge is 2.34. The number of hydrogen-bond donors (Lipinski definition) is 3. The number of aromatic carboxylic acids is 1. The summed E-state index contributed by atoms with van der Waals surface area (Å²) in [6.45, 7) is 7.23. The molecule has 1 aromatic rings. The normalized spacial score (nSPS) is 12.3. The molecule has 4 heteroatoms. The monoisotopic (exact) mass is 237 g/mol. The fraction of sp³-hybridized carbons (Fsp3) is 0.462. The summed E-state index contributed by atoms with van der Waals surface area (Å²) in [6, 6.07) is 6.45. The lowest BCUT2D eigenvalue weighted by Gasteiger charge is -2.38. The zero-order chi connectivity index (χ0) is 13.3. The van der Waals surface area contributed by atoms with Gasteiger partial charge in [0.05, 0.1) is 16.7 Å². The van der Waals surface area contributed by atoms with Gasteiger partial charge in [0.25, 0.3) is 0 Å². The van der Waals surface area contributed by atoms with E-state index in [4.69, 9.17) is 5.11 Å². The minimum Gasteiger partial charge on any atom is -0.478 e. The van der Waals surface area contributed by atoms with E-state index >= 15 is 0 Å². The smallest absolute Gasteiger partial charge is 0.335 e. The summed E-state index contributed by atoms with van der Waals surface area (Å²) in [7, 11) is 0. The molecule has 0 aliphatic heterocycles. The highest BCUT2D eigenvalue weighted by molar-refractivity contribution is 5.88. The average Bonchev–Trinajstić information content (AvgIpc) is 2.16. The van der Waals surface area contributed by atoms with Crippen molar-refractivity contribution in [1.29, 1.82) is 0 Å². The zero-order valence-corrected chi connectivity index (χ0v) is 10.6.